The first-order valence-electron chi connectivity index (χ1n) is 5.07. The number of rotatable bonds is 1. The van der Waals surface area contributed by atoms with Crippen LogP contribution in [0.15, 0.2) is 30.5 Å². The molecule has 0 fully saturated rings. The van der Waals surface area contributed by atoms with Gasteiger partial charge in [0.05, 0.1) is 0 Å². The van der Waals surface area contributed by atoms with Gasteiger partial charge in [0.15, 0.2) is 8.24 Å². The molecular weight excluding hydrogens is 186 g/mol. The van der Waals surface area contributed by atoms with Gasteiger partial charge in [-0.2, -0.15) is 0 Å². The zero-order valence-electron chi connectivity index (χ0n) is 9.33. The van der Waals surface area contributed by atoms with Crippen LogP contribution in [0.1, 0.15) is 5.56 Å². The highest BCUT2D eigenvalue weighted by Gasteiger charge is 2.18. The van der Waals surface area contributed by atoms with E-state index in [2.05, 4.69) is 61.3 Å². The number of hydrogen-bond acceptors (Lipinski definition) is 0. The maximum atomic E-state index is 2.48. The molecular formula is C12H17NSi. The first-order valence-corrected chi connectivity index (χ1v) is 8.52. The molecule has 0 amide bonds. The standard InChI is InChI=1S/C12H17NSi/c1-10-6-5-7-11-8-9-13(12(10)11)14(2,3)4/h5-9H,1-4H3. The molecule has 74 valence electrons. The molecule has 1 aromatic carbocycles. The molecule has 0 unspecified atom stereocenters. The summed E-state index contributed by atoms with van der Waals surface area (Å²) in [5.41, 5.74) is 2.81. The summed E-state index contributed by atoms with van der Waals surface area (Å²) in [6.07, 6.45) is 2.24. The average Bonchev–Trinajstić information content (AvgIpc) is 2.47. The van der Waals surface area contributed by atoms with Crippen LogP contribution in [0.25, 0.3) is 10.9 Å². The molecule has 0 saturated carbocycles. The van der Waals surface area contributed by atoms with E-state index in [1.165, 1.54) is 16.5 Å². The first-order chi connectivity index (χ1) is 6.50. The third kappa shape index (κ3) is 1.40. The second-order valence-electron chi connectivity index (χ2n) is 4.87. The lowest BCUT2D eigenvalue weighted by molar-refractivity contribution is 1.19. The summed E-state index contributed by atoms with van der Waals surface area (Å²) in [6, 6.07) is 8.74. The van der Waals surface area contributed by atoms with Crippen LogP contribution in [0.5, 0.6) is 0 Å². The minimum absolute atomic E-state index is 1.26. The first kappa shape index (κ1) is 9.53. The molecule has 1 aromatic heterocycles. The second kappa shape index (κ2) is 2.99. The lowest BCUT2D eigenvalue weighted by Crippen LogP contribution is -2.31. The van der Waals surface area contributed by atoms with Crippen molar-refractivity contribution in [1.82, 2.24) is 4.23 Å². The predicted octanol–water partition coefficient (Wildman–Crippen LogP) is 3.63. The van der Waals surface area contributed by atoms with Gasteiger partial charge in [-0.15, -0.1) is 0 Å². The molecule has 0 spiro atoms. The Hall–Kier alpha value is -1.02. The summed E-state index contributed by atoms with van der Waals surface area (Å²) >= 11 is 0. The Kier molecular flexibility index (Phi) is 2.03. The third-order valence-electron chi connectivity index (χ3n) is 2.64. The highest BCUT2D eigenvalue weighted by Crippen LogP contribution is 2.23. The van der Waals surface area contributed by atoms with Crippen LogP contribution >= 0.6 is 0 Å². The molecule has 0 N–H and O–H groups in total. The topological polar surface area (TPSA) is 4.93 Å². The Morgan fingerprint density at radius 1 is 1.07 bits per heavy atom. The van der Waals surface area contributed by atoms with Crippen molar-refractivity contribution in [3.8, 4) is 0 Å². The Balaban J connectivity index is 2.80. The van der Waals surface area contributed by atoms with Gasteiger partial charge in [0, 0.05) is 5.52 Å². The molecule has 0 atom stereocenters. The van der Waals surface area contributed by atoms with E-state index in [4.69, 9.17) is 0 Å². The summed E-state index contributed by atoms with van der Waals surface area (Å²) in [5, 5.41) is 1.37. The Labute approximate surface area is 86.5 Å². The van der Waals surface area contributed by atoms with Crippen molar-refractivity contribution in [3.63, 3.8) is 0 Å². The zero-order valence-corrected chi connectivity index (χ0v) is 10.3. The fraction of sp³-hybridized carbons (Fsp3) is 0.333. The number of fused-ring (bicyclic) bond motifs is 1. The number of aromatic nitrogens is 1. The molecule has 0 radical (unpaired) electrons. The number of nitrogens with zero attached hydrogens (tertiary/aromatic N) is 1. The molecule has 0 aliphatic heterocycles. The predicted molar refractivity (Wildman–Crippen MR) is 65.4 cm³/mol. The van der Waals surface area contributed by atoms with Crippen LogP contribution in [0.4, 0.5) is 0 Å². The van der Waals surface area contributed by atoms with Gasteiger partial charge in [-0.1, -0.05) is 37.8 Å². The van der Waals surface area contributed by atoms with Crippen molar-refractivity contribution in [2.24, 2.45) is 0 Å². The van der Waals surface area contributed by atoms with Crippen molar-refractivity contribution in [3.05, 3.63) is 36.0 Å². The van der Waals surface area contributed by atoms with E-state index in [0.29, 0.717) is 0 Å². The lowest BCUT2D eigenvalue weighted by atomic mass is 10.2. The summed E-state index contributed by atoms with van der Waals surface area (Å²) in [4.78, 5) is 0. The van der Waals surface area contributed by atoms with E-state index >= 15 is 0 Å². The minimum atomic E-state index is -1.26. The summed E-state index contributed by atoms with van der Waals surface area (Å²) < 4.78 is 2.48. The lowest BCUT2D eigenvalue weighted by Gasteiger charge is -2.21. The van der Waals surface area contributed by atoms with Crippen LogP contribution in [0, 0.1) is 6.92 Å². The van der Waals surface area contributed by atoms with E-state index in [-0.39, 0.29) is 0 Å². The molecule has 0 saturated heterocycles. The van der Waals surface area contributed by atoms with Gasteiger partial charge in [-0.25, -0.2) is 0 Å². The molecule has 0 bridgehead atoms. The maximum Gasteiger partial charge on any atom is 0.152 e. The van der Waals surface area contributed by atoms with Crippen molar-refractivity contribution < 1.29 is 0 Å². The minimum Gasteiger partial charge on any atom is -0.375 e. The Morgan fingerprint density at radius 2 is 1.79 bits per heavy atom. The summed E-state index contributed by atoms with van der Waals surface area (Å²) in [6.45, 7) is 9.32. The normalized spacial score (nSPS) is 12.3. The average molecular weight is 203 g/mol. The van der Waals surface area contributed by atoms with Crippen molar-refractivity contribution in [1.29, 1.82) is 0 Å². The highest BCUT2D eigenvalue weighted by molar-refractivity contribution is 6.75. The second-order valence-corrected chi connectivity index (χ2v) is 9.69. The number of benzene rings is 1. The Morgan fingerprint density at radius 3 is 2.43 bits per heavy atom. The van der Waals surface area contributed by atoms with Crippen molar-refractivity contribution >= 4 is 19.1 Å². The molecule has 2 rings (SSSR count). The monoisotopic (exact) mass is 203 g/mol. The van der Waals surface area contributed by atoms with Crippen LogP contribution in [0.3, 0.4) is 0 Å². The molecule has 1 nitrogen and oxygen atoms in total. The fourth-order valence-corrected chi connectivity index (χ4v) is 3.43. The number of aryl methyl sites for hydroxylation is 1. The number of para-hydroxylation sites is 1. The van der Waals surface area contributed by atoms with Crippen LogP contribution in [-0.2, 0) is 0 Å². The van der Waals surface area contributed by atoms with E-state index in [9.17, 15) is 0 Å². The van der Waals surface area contributed by atoms with Gasteiger partial charge in [-0.3, -0.25) is 0 Å². The van der Waals surface area contributed by atoms with Crippen LogP contribution < -0.4 is 0 Å². The van der Waals surface area contributed by atoms with Gasteiger partial charge in [-0.05, 0) is 30.1 Å². The molecule has 14 heavy (non-hydrogen) atoms. The van der Waals surface area contributed by atoms with Gasteiger partial charge in [0.25, 0.3) is 0 Å². The fourth-order valence-electron chi connectivity index (χ4n) is 1.93. The Bertz CT molecular complexity index is 463. The highest BCUT2D eigenvalue weighted by atomic mass is 28.3. The van der Waals surface area contributed by atoms with E-state index in [1.54, 1.807) is 0 Å². The van der Waals surface area contributed by atoms with E-state index in [1.807, 2.05) is 0 Å². The maximum absolute atomic E-state index is 2.48. The summed E-state index contributed by atoms with van der Waals surface area (Å²) in [5.74, 6) is 0. The summed E-state index contributed by atoms with van der Waals surface area (Å²) in [7, 11) is -1.26. The van der Waals surface area contributed by atoms with Crippen molar-refractivity contribution in [2.75, 3.05) is 0 Å². The van der Waals surface area contributed by atoms with Crippen LogP contribution in [-0.4, -0.2) is 12.5 Å². The molecule has 0 aliphatic rings. The smallest absolute Gasteiger partial charge is 0.152 e. The van der Waals surface area contributed by atoms with Crippen molar-refractivity contribution in [2.45, 2.75) is 26.6 Å². The molecule has 1 heterocycles. The van der Waals surface area contributed by atoms with E-state index < -0.39 is 8.24 Å². The van der Waals surface area contributed by atoms with Gasteiger partial charge in [0.2, 0.25) is 0 Å². The quantitative estimate of drug-likeness (QED) is 0.624. The molecule has 2 heteroatoms. The molecule has 0 aliphatic carbocycles. The van der Waals surface area contributed by atoms with Crippen LogP contribution in [0.2, 0.25) is 19.6 Å². The van der Waals surface area contributed by atoms with Gasteiger partial charge >= 0.3 is 0 Å². The van der Waals surface area contributed by atoms with Gasteiger partial charge in [0.1, 0.15) is 0 Å². The largest absolute Gasteiger partial charge is 0.375 e. The number of hydrogen-bond donors (Lipinski definition) is 0. The molecule has 2 aromatic rings. The van der Waals surface area contributed by atoms with E-state index in [0.717, 1.165) is 0 Å². The third-order valence-corrected chi connectivity index (χ3v) is 4.45. The SMILES string of the molecule is Cc1cccc2ccn([Si](C)(C)C)c12. The zero-order chi connectivity index (χ0) is 10.3. The van der Waals surface area contributed by atoms with Gasteiger partial charge < -0.3 is 4.23 Å².